The molecule has 2 saturated heterocycles. The minimum absolute atomic E-state index is 0.0118. The fourth-order valence-corrected chi connectivity index (χ4v) is 12.4. The number of methoxy groups -OCH3 is 1. The molecule has 0 bridgehead atoms. The van der Waals surface area contributed by atoms with E-state index in [2.05, 4.69) is 67.5 Å². The van der Waals surface area contributed by atoms with Gasteiger partial charge in [-0.1, -0.05) is 85.7 Å². The maximum absolute atomic E-state index is 12.6. The molecule has 0 N–H and O–H groups in total. The summed E-state index contributed by atoms with van der Waals surface area (Å²) in [7, 11) is -0.678. The molecule has 2 aliphatic heterocycles. The molecule has 2 aliphatic rings. The van der Waals surface area contributed by atoms with Crippen LogP contribution >= 0.6 is 0 Å². The molecule has 0 amide bonds. The smallest absolute Gasteiger partial charge is 0.306 e. The van der Waals surface area contributed by atoms with Crippen LogP contribution in [0.1, 0.15) is 67.4 Å². The van der Waals surface area contributed by atoms with Crippen molar-refractivity contribution in [2.75, 3.05) is 20.5 Å². The summed E-state index contributed by atoms with van der Waals surface area (Å²) in [5.74, 6) is -0.321. The summed E-state index contributed by atoms with van der Waals surface area (Å²) in [6.07, 6.45) is -1.53. The number of fused-ring (bicyclic) bond motifs is 1. The fourth-order valence-electron chi connectivity index (χ4n) is 6.76. The van der Waals surface area contributed by atoms with Crippen LogP contribution in [-0.4, -0.2) is 65.3 Å². The lowest BCUT2D eigenvalue weighted by Gasteiger charge is -2.47. The number of carbonyl (C=O) groups is 1. The Morgan fingerprint density at radius 2 is 1.58 bits per heavy atom. The zero-order valence-corrected chi connectivity index (χ0v) is 25.8. The molecule has 7 atom stereocenters. The Bertz CT molecular complexity index is 840. The summed E-state index contributed by atoms with van der Waals surface area (Å²) in [4.78, 5) is 12.6. The number of hydrogen-bond acceptors (Lipinski definition) is 7. The molecule has 0 unspecified atom stereocenters. The first-order valence-corrected chi connectivity index (χ1v) is 16.4. The third-order valence-electron chi connectivity index (χ3n) is 8.52. The van der Waals surface area contributed by atoms with E-state index in [1.54, 1.807) is 7.11 Å². The number of carbonyl (C=O) groups excluding carboxylic acids is 1. The van der Waals surface area contributed by atoms with Crippen LogP contribution < -0.4 is 0 Å². The van der Waals surface area contributed by atoms with Crippen LogP contribution in [-0.2, 0) is 39.5 Å². The Balaban J connectivity index is 2.04. The number of ether oxygens (including phenoxy) is 5. The highest BCUT2D eigenvalue weighted by Gasteiger charge is 2.55. The molecule has 0 spiro atoms. The molecule has 38 heavy (non-hydrogen) atoms. The zero-order chi connectivity index (χ0) is 28.0. The van der Waals surface area contributed by atoms with Crippen LogP contribution in [0.4, 0.5) is 0 Å². The summed E-state index contributed by atoms with van der Waals surface area (Å²) in [6, 6.07) is 10.1. The topological polar surface area (TPSA) is 72.5 Å². The van der Waals surface area contributed by atoms with Crippen molar-refractivity contribution in [1.29, 1.82) is 0 Å². The molecule has 216 valence electrons. The van der Waals surface area contributed by atoms with E-state index in [4.69, 9.17) is 28.1 Å². The highest BCUT2D eigenvalue weighted by atomic mass is 28.4. The maximum Gasteiger partial charge on any atom is 0.306 e. The lowest BCUT2D eigenvalue weighted by atomic mass is 9.85. The van der Waals surface area contributed by atoms with Gasteiger partial charge in [-0.3, -0.25) is 4.79 Å². The van der Waals surface area contributed by atoms with Crippen molar-refractivity contribution in [2.45, 2.75) is 116 Å². The van der Waals surface area contributed by atoms with E-state index < -0.39 is 14.4 Å². The maximum atomic E-state index is 12.6. The zero-order valence-electron chi connectivity index (χ0n) is 24.8. The van der Waals surface area contributed by atoms with E-state index in [0.717, 1.165) is 5.56 Å². The van der Waals surface area contributed by atoms with E-state index in [0.29, 0.717) is 36.3 Å². The van der Waals surface area contributed by atoms with Gasteiger partial charge in [-0.05, 0) is 28.1 Å². The van der Waals surface area contributed by atoms with E-state index in [9.17, 15) is 4.79 Å². The minimum Gasteiger partial charge on any atom is -0.457 e. The molecule has 2 fully saturated rings. The standard InChI is InChI=1S/C30H50O7Si/c1-19(2)38(20(3)4,21(5)6)37-28-23(8)29(34-16-24-13-11-10-12-14-24)30-27(22(7)15-26(31)36-30)35-25(28)17-33-18-32-9/h10-14,19-23,25,27-30H,15-18H2,1-9H3/t22-,23+,25-,27+,28+,29-,30+/m0/s1. The Kier molecular flexibility index (Phi) is 11.4. The van der Waals surface area contributed by atoms with Crippen LogP contribution in [0.2, 0.25) is 16.6 Å². The van der Waals surface area contributed by atoms with Gasteiger partial charge in [0.15, 0.2) is 6.10 Å². The Labute approximate surface area is 231 Å². The van der Waals surface area contributed by atoms with Crippen molar-refractivity contribution < 1.29 is 32.9 Å². The molecular weight excluding hydrogens is 500 g/mol. The summed E-state index contributed by atoms with van der Waals surface area (Å²) >= 11 is 0. The molecular formula is C30H50O7Si. The van der Waals surface area contributed by atoms with Crippen LogP contribution in [0.5, 0.6) is 0 Å². The second kappa shape index (κ2) is 13.9. The van der Waals surface area contributed by atoms with Crippen molar-refractivity contribution in [2.24, 2.45) is 11.8 Å². The van der Waals surface area contributed by atoms with Crippen LogP contribution in [0.15, 0.2) is 30.3 Å². The second-order valence-corrected chi connectivity index (χ2v) is 17.5. The summed E-state index contributed by atoms with van der Waals surface area (Å²) < 4.78 is 38.0. The highest BCUT2D eigenvalue weighted by Crippen LogP contribution is 2.46. The molecule has 0 aliphatic carbocycles. The van der Waals surface area contributed by atoms with Gasteiger partial charge in [0.25, 0.3) is 0 Å². The average Bonchev–Trinajstić information content (AvgIpc) is 2.95. The number of benzene rings is 1. The van der Waals surface area contributed by atoms with Gasteiger partial charge < -0.3 is 28.1 Å². The number of esters is 1. The van der Waals surface area contributed by atoms with Gasteiger partial charge in [-0.2, -0.15) is 0 Å². The third-order valence-corrected chi connectivity index (χ3v) is 14.6. The van der Waals surface area contributed by atoms with Gasteiger partial charge in [0.2, 0.25) is 8.32 Å². The van der Waals surface area contributed by atoms with Crippen molar-refractivity contribution in [3.05, 3.63) is 35.9 Å². The van der Waals surface area contributed by atoms with Gasteiger partial charge in [-0.15, -0.1) is 0 Å². The van der Waals surface area contributed by atoms with Gasteiger partial charge in [0.05, 0.1) is 25.7 Å². The van der Waals surface area contributed by atoms with Gasteiger partial charge in [0, 0.05) is 13.0 Å². The molecule has 2 heterocycles. The van der Waals surface area contributed by atoms with E-state index in [1.165, 1.54) is 0 Å². The Morgan fingerprint density at radius 3 is 2.16 bits per heavy atom. The Hall–Kier alpha value is -1.29. The van der Waals surface area contributed by atoms with Crippen LogP contribution in [0, 0.1) is 11.8 Å². The summed E-state index contributed by atoms with van der Waals surface area (Å²) in [5, 5.41) is 0. The first-order chi connectivity index (χ1) is 18.0. The van der Waals surface area contributed by atoms with E-state index in [-0.39, 0.29) is 49.0 Å². The molecule has 7 nitrogen and oxygen atoms in total. The minimum atomic E-state index is -2.29. The van der Waals surface area contributed by atoms with Crippen molar-refractivity contribution in [3.63, 3.8) is 0 Å². The predicted molar refractivity (Wildman–Crippen MR) is 150 cm³/mol. The fraction of sp³-hybridized carbons (Fsp3) is 0.767. The number of hydrogen-bond donors (Lipinski definition) is 0. The predicted octanol–water partition coefficient (Wildman–Crippen LogP) is 6.11. The normalized spacial score (nSPS) is 30.4. The third kappa shape index (κ3) is 6.88. The van der Waals surface area contributed by atoms with Crippen molar-refractivity contribution in [1.82, 2.24) is 0 Å². The first kappa shape index (κ1) is 31.2. The highest BCUT2D eigenvalue weighted by molar-refractivity contribution is 6.77. The number of rotatable bonds is 12. The molecule has 3 rings (SSSR count). The average molecular weight is 551 g/mol. The molecule has 1 aromatic rings. The van der Waals surface area contributed by atoms with Crippen LogP contribution in [0.25, 0.3) is 0 Å². The first-order valence-electron chi connectivity index (χ1n) is 14.3. The summed E-state index contributed by atoms with van der Waals surface area (Å²) in [6.45, 7) is 18.9. The quantitative estimate of drug-likeness (QED) is 0.135. The molecule has 0 aromatic heterocycles. The monoisotopic (exact) mass is 550 g/mol. The summed E-state index contributed by atoms with van der Waals surface area (Å²) in [5.41, 5.74) is 2.29. The van der Waals surface area contributed by atoms with E-state index in [1.807, 2.05) is 18.2 Å². The van der Waals surface area contributed by atoms with Crippen molar-refractivity contribution >= 4 is 14.3 Å². The molecule has 0 radical (unpaired) electrons. The lowest BCUT2D eigenvalue weighted by molar-refractivity contribution is -0.202. The second-order valence-electron chi connectivity index (χ2n) is 12.1. The van der Waals surface area contributed by atoms with Crippen LogP contribution in [0.3, 0.4) is 0 Å². The largest absolute Gasteiger partial charge is 0.457 e. The van der Waals surface area contributed by atoms with Gasteiger partial charge >= 0.3 is 5.97 Å². The molecule has 0 saturated carbocycles. The van der Waals surface area contributed by atoms with Crippen molar-refractivity contribution in [3.8, 4) is 0 Å². The lowest BCUT2D eigenvalue weighted by Crippen LogP contribution is -2.56. The van der Waals surface area contributed by atoms with Gasteiger partial charge in [-0.25, -0.2) is 0 Å². The molecule has 8 heteroatoms. The SMILES string of the molecule is COCOC[C@@H]1O[C@H]2[C@@H](OC(=O)C[C@@H]2C)[C@@H](OCc2ccccc2)[C@H](C)[C@H]1O[Si](C(C)C)(C(C)C)C(C)C. The Morgan fingerprint density at radius 1 is 0.947 bits per heavy atom. The van der Waals surface area contributed by atoms with E-state index >= 15 is 0 Å². The van der Waals surface area contributed by atoms with Gasteiger partial charge in [0.1, 0.15) is 25.1 Å². The molecule has 1 aromatic carbocycles.